The van der Waals surface area contributed by atoms with E-state index in [1.807, 2.05) is 5.32 Å². The van der Waals surface area contributed by atoms with E-state index in [-0.39, 0.29) is 17.0 Å². The van der Waals surface area contributed by atoms with Crippen molar-refractivity contribution in [1.82, 2.24) is 10.2 Å². The number of hydrogen-bond donors (Lipinski definition) is 1. The van der Waals surface area contributed by atoms with Crippen molar-refractivity contribution in [3.05, 3.63) is 41.1 Å². The topological polar surface area (TPSA) is 75.7 Å². The number of hydrogen-bond acceptors (Lipinski definition) is 4. The maximum atomic E-state index is 14.6. The van der Waals surface area contributed by atoms with Crippen LogP contribution in [0.15, 0.2) is 35.5 Å². The summed E-state index contributed by atoms with van der Waals surface area (Å²) in [6.45, 7) is 2.32. The summed E-state index contributed by atoms with van der Waals surface area (Å²) < 4.78 is 48.8. The number of ether oxygens (including phenoxy) is 1. The normalized spacial score (nSPS) is 22.6. The highest BCUT2D eigenvalue weighted by Gasteiger charge is 2.70. The molecular formula is C22H25F3N2O4. The molecule has 1 fully saturated rings. The Morgan fingerprint density at radius 1 is 1.16 bits per heavy atom. The van der Waals surface area contributed by atoms with Gasteiger partial charge in [0.2, 0.25) is 5.54 Å². The van der Waals surface area contributed by atoms with Gasteiger partial charge >= 0.3 is 6.18 Å². The highest BCUT2D eigenvalue weighted by molar-refractivity contribution is 6.13. The van der Waals surface area contributed by atoms with E-state index in [4.69, 9.17) is 4.74 Å². The molecule has 1 atom stereocenters. The second kappa shape index (κ2) is 8.36. The van der Waals surface area contributed by atoms with Crippen molar-refractivity contribution in [2.24, 2.45) is 0 Å². The van der Waals surface area contributed by atoms with Crippen LogP contribution in [-0.2, 0) is 9.59 Å². The van der Waals surface area contributed by atoms with Crippen molar-refractivity contribution in [3.8, 4) is 5.75 Å². The molecule has 1 aliphatic heterocycles. The summed E-state index contributed by atoms with van der Waals surface area (Å²) in [5.41, 5.74) is -4.41. The Kier molecular flexibility index (Phi) is 6.16. The molecule has 0 aromatic heterocycles. The molecule has 1 saturated carbocycles. The van der Waals surface area contributed by atoms with Crippen molar-refractivity contribution in [2.45, 2.75) is 63.7 Å². The zero-order valence-electron chi connectivity index (χ0n) is 17.6. The van der Waals surface area contributed by atoms with Crippen LogP contribution in [-0.4, -0.2) is 47.4 Å². The van der Waals surface area contributed by atoms with Crippen molar-refractivity contribution in [3.63, 3.8) is 0 Å². The van der Waals surface area contributed by atoms with Gasteiger partial charge in [0, 0.05) is 11.7 Å². The van der Waals surface area contributed by atoms with Crippen LogP contribution in [0.25, 0.3) is 0 Å². The molecule has 0 bridgehead atoms. The zero-order chi connectivity index (χ0) is 23.0. The van der Waals surface area contributed by atoms with Gasteiger partial charge in [-0.3, -0.25) is 14.4 Å². The summed E-state index contributed by atoms with van der Waals surface area (Å²) in [6, 6.07) is 5.30. The third kappa shape index (κ3) is 3.70. The van der Waals surface area contributed by atoms with Crippen molar-refractivity contribution in [2.75, 3.05) is 7.11 Å². The molecule has 31 heavy (non-hydrogen) atoms. The molecule has 1 aromatic rings. The van der Waals surface area contributed by atoms with E-state index in [2.05, 4.69) is 0 Å². The van der Waals surface area contributed by atoms with Crippen molar-refractivity contribution in [1.29, 1.82) is 0 Å². The molecule has 2 aliphatic rings. The van der Waals surface area contributed by atoms with Gasteiger partial charge in [0.1, 0.15) is 5.75 Å². The third-order valence-corrected chi connectivity index (χ3v) is 6.01. The van der Waals surface area contributed by atoms with Crippen LogP contribution in [0.4, 0.5) is 13.2 Å². The summed E-state index contributed by atoms with van der Waals surface area (Å²) in [5.74, 6) is -3.35. The Balaban J connectivity index is 2.14. The second-order valence-electron chi connectivity index (χ2n) is 7.89. The van der Waals surface area contributed by atoms with E-state index in [9.17, 15) is 27.6 Å². The van der Waals surface area contributed by atoms with Crippen molar-refractivity contribution < 1.29 is 32.3 Å². The van der Waals surface area contributed by atoms with Gasteiger partial charge in [-0.05, 0) is 38.8 Å². The number of methoxy groups -OCH3 is 1. The van der Waals surface area contributed by atoms with Gasteiger partial charge in [0.15, 0.2) is 5.78 Å². The first-order valence-corrected chi connectivity index (χ1v) is 10.1. The number of amides is 2. The van der Waals surface area contributed by atoms with Gasteiger partial charge in [-0.1, -0.05) is 31.4 Å². The molecule has 1 heterocycles. The lowest BCUT2D eigenvalue weighted by molar-refractivity contribution is -0.191. The number of nitrogens with zero attached hydrogens (tertiary/aromatic N) is 1. The van der Waals surface area contributed by atoms with E-state index in [1.165, 1.54) is 32.2 Å². The first kappa shape index (κ1) is 22.8. The molecule has 168 valence electrons. The summed E-state index contributed by atoms with van der Waals surface area (Å²) >= 11 is 0. The number of alkyl halides is 3. The van der Waals surface area contributed by atoms with Gasteiger partial charge in [0.05, 0.1) is 18.2 Å². The van der Waals surface area contributed by atoms with Gasteiger partial charge in [-0.15, -0.1) is 0 Å². The Morgan fingerprint density at radius 2 is 1.77 bits per heavy atom. The summed E-state index contributed by atoms with van der Waals surface area (Å²) in [7, 11) is 1.28. The lowest BCUT2D eigenvalue weighted by Gasteiger charge is -2.36. The smallest absolute Gasteiger partial charge is 0.425 e. The minimum atomic E-state index is -5.23. The zero-order valence-corrected chi connectivity index (χ0v) is 17.6. The number of para-hydroxylation sites is 1. The predicted molar refractivity (Wildman–Crippen MR) is 106 cm³/mol. The van der Waals surface area contributed by atoms with Crippen molar-refractivity contribution >= 4 is 17.6 Å². The SMILES string of the molecule is COc1ccccc1C(=O)NC1(C(F)(F)F)C(=O)N(C2CCCCC2)C(C)=C1C(C)=O. The third-order valence-electron chi connectivity index (χ3n) is 6.01. The number of halogens is 3. The van der Waals surface area contributed by atoms with E-state index in [0.717, 1.165) is 31.1 Å². The first-order valence-electron chi connectivity index (χ1n) is 10.1. The molecule has 9 heteroatoms. The fourth-order valence-electron chi connectivity index (χ4n) is 4.65. The summed E-state index contributed by atoms with van der Waals surface area (Å²) in [4.78, 5) is 39.8. The van der Waals surface area contributed by atoms with E-state index < -0.39 is 40.9 Å². The van der Waals surface area contributed by atoms with Gasteiger partial charge in [-0.25, -0.2) is 0 Å². The number of Topliss-reactive ketones (excluding diaryl/α,β-unsaturated/α-hetero) is 1. The van der Waals surface area contributed by atoms with E-state index >= 15 is 0 Å². The van der Waals surface area contributed by atoms with Crippen LogP contribution in [0.2, 0.25) is 0 Å². The monoisotopic (exact) mass is 438 g/mol. The quantitative estimate of drug-likeness (QED) is 0.760. The summed E-state index contributed by atoms with van der Waals surface area (Å²) in [6.07, 6.45) is -1.64. The number of nitrogens with one attached hydrogen (secondary N) is 1. The molecule has 2 amide bonds. The fourth-order valence-corrected chi connectivity index (χ4v) is 4.65. The largest absolute Gasteiger partial charge is 0.496 e. The Labute approximate surface area is 178 Å². The van der Waals surface area contributed by atoms with Crippen LogP contribution >= 0.6 is 0 Å². The second-order valence-corrected chi connectivity index (χ2v) is 7.89. The van der Waals surface area contributed by atoms with Crippen LogP contribution in [0, 0.1) is 0 Å². The van der Waals surface area contributed by atoms with Crippen LogP contribution < -0.4 is 10.1 Å². The summed E-state index contributed by atoms with van der Waals surface area (Å²) in [5, 5.41) is 1.89. The minimum Gasteiger partial charge on any atom is -0.496 e. The molecule has 0 radical (unpaired) electrons. The average Bonchev–Trinajstić information content (AvgIpc) is 2.95. The maximum absolute atomic E-state index is 14.6. The Morgan fingerprint density at radius 3 is 2.32 bits per heavy atom. The van der Waals surface area contributed by atoms with E-state index in [1.54, 1.807) is 6.07 Å². The standard InChI is InChI=1S/C22H25F3N2O4/c1-13-18(14(2)28)21(22(23,24)25,20(30)27(13)15-9-5-4-6-10-15)26-19(29)16-11-7-8-12-17(16)31-3/h7-8,11-12,15H,4-6,9-10H2,1-3H3,(H,26,29). The molecule has 0 saturated heterocycles. The first-order chi connectivity index (χ1) is 14.6. The Bertz CT molecular complexity index is 935. The highest BCUT2D eigenvalue weighted by Crippen LogP contribution is 2.47. The van der Waals surface area contributed by atoms with Gasteiger partial charge in [0.25, 0.3) is 11.8 Å². The number of allylic oxidation sites excluding steroid dienone is 1. The highest BCUT2D eigenvalue weighted by atomic mass is 19.4. The number of benzene rings is 1. The molecule has 3 rings (SSSR count). The molecular weight excluding hydrogens is 413 g/mol. The lowest BCUT2D eigenvalue weighted by Crippen LogP contribution is -2.66. The Hall–Kier alpha value is -2.84. The fraction of sp³-hybridized carbons (Fsp3) is 0.500. The molecule has 1 aromatic carbocycles. The number of ketones is 1. The van der Waals surface area contributed by atoms with Gasteiger partial charge in [-0.2, -0.15) is 13.2 Å². The number of rotatable bonds is 5. The van der Waals surface area contributed by atoms with Gasteiger partial charge < -0.3 is 15.0 Å². The molecule has 1 unspecified atom stereocenters. The predicted octanol–water partition coefficient (Wildman–Crippen LogP) is 3.76. The maximum Gasteiger partial charge on any atom is 0.425 e. The lowest BCUT2D eigenvalue weighted by atomic mass is 9.86. The molecule has 1 N–H and O–H groups in total. The van der Waals surface area contributed by atoms with Crippen LogP contribution in [0.1, 0.15) is 56.3 Å². The van der Waals surface area contributed by atoms with Crippen LogP contribution in [0.5, 0.6) is 5.75 Å². The van der Waals surface area contributed by atoms with Crippen LogP contribution in [0.3, 0.4) is 0 Å². The number of carbonyl (C=O) groups is 3. The minimum absolute atomic E-state index is 0.0528. The molecule has 6 nitrogen and oxygen atoms in total. The van der Waals surface area contributed by atoms with E-state index in [0.29, 0.717) is 12.8 Å². The molecule has 1 aliphatic carbocycles. The number of carbonyl (C=O) groups excluding carboxylic acids is 3. The average molecular weight is 438 g/mol. The molecule has 0 spiro atoms.